The molecule has 1 aromatic carbocycles. The second-order valence-electron chi connectivity index (χ2n) is 4.50. The van der Waals surface area contributed by atoms with Gasteiger partial charge in [0, 0.05) is 5.02 Å². The van der Waals surface area contributed by atoms with Gasteiger partial charge in [-0.2, -0.15) is 0 Å². The number of ether oxygens (including phenoxy) is 1. The molecule has 7 heteroatoms. The van der Waals surface area contributed by atoms with Crippen LogP contribution in [0.3, 0.4) is 0 Å². The number of rotatable bonds is 5. The Morgan fingerprint density at radius 1 is 1.32 bits per heavy atom. The van der Waals surface area contributed by atoms with Gasteiger partial charge in [-0.1, -0.05) is 23.2 Å². The number of benzene rings is 1. The monoisotopic (exact) mass is 341 g/mol. The number of carbonyl (C=O) groups excluding carboxylic acids is 2. The van der Waals surface area contributed by atoms with E-state index in [4.69, 9.17) is 32.4 Å². The van der Waals surface area contributed by atoms with E-state index in [2.05, 4.69) is 5.32 Å². The van der Waals surface area contributed by atoms with Gasteiger partial charge in [0.2, 0.25) is 0 Å². The molecule has 0 fully saturated rings. The van der Waals surface area contributed by atoms with Gasteiger partial charge in [0.15, 0.2) is 6.61 Å². The summed E-state index contributed by atoms with van der Waals surface area (Å²) < 4.78 is 10.1. The van der Waals surface area contributed by atoms with E-state index in [1.807, 2.05) is 0 Å². The van der Waals surface area contributed by atoms with Crippen LogP contribution in [0, 0.1) is 0 Å². The minimum atomic E-state index is -0.715. The van der Waals surface area contributed by atoms with E-state index in [0.717, 1.165) is 0 Å². The molecule has 116 valence electrons. The molecule has 1 aromatic heterocycles. The number of esters is 1. The van der Waals surface area contributed by atoms with Gasteiger partial charge in [-0.3, -0.25) is 4.79 Å². The lowest BCUT2D eigenvalue weighted by molar-refractivity contribution is -0.125. The van der Waals surface area contributed by atoms with Gasteiger partial charge in [-0.15, -0.1) is 0 Å². The molecule has 1 N–H and O–H groups in total. The fourth-order valence-corrected chi connectivity index (χ4v) is 2.12. The highest BCUT2D eigenvalue weighted by atomic mass is 35.5. The molecule has 0 aliphatic rings. The molecule has 0 aliphatic heterocycles. The molecule has 1 heterocycles. The number of hydrogen-bond acceptors (Lipinski definition) is 4. The highest BCUT2D eigenvalue weighted by Crippen LogP contribution is 2.21. The standard InChI is InChI=1S/C15H13Cl2NO4/c1-9(13-3-2-6-21-13)18-14(19)8-22-15(20)11-7-10(16)4-5-12(11)17/h2-7,9H,8H2,1H3,(H,18,19)/t9-/m0/s1. The third-order valence-electron chi connectivity index (χ3n) is 2.83. The summed E-state index contributed by atoms with van der Waals surface area (Å²) in [6.07, 6.45) is 1.51. The Hall–Kier alpha value is -1.98. The van der Waals surface area contributed by atoms with E-state index < -0.39 is 18.5 Å². The van der Waals surface area contributed by atoms with Gasteiger partial charge >= 0.3 is 5.97 Å². The normalized spacial score (nSPS) is 11.8. The van der Waals surface area contributed by atoms with Crippen LogP contribution in [0.4, 0.5) is 0 Å². The molecule has 1 amide bonds. The van der Waals surface area contributed by atoms with E-state index >= 15 is 0 Å². The van der Waals surface area contributed by atoms with Crippen LogP contribution in [-0.2, 0) is 9.53 Å². The largest absolute Gasteiger partial charge is 0.467 e. The van der Waals surface area contributed by atoms with Crippen LogP contribution in [0.2, 0.25) is 10.0 Å². The SMILES string of the molecule is C[C@H](NC(=O)COC(=O)c1cc(Cl)ccc1Cl)c1ccco1. The molecule has 2 aromatic rings. The van der Waals surface area contributed by atoms with Crippen molar-refractivity contribution in [2.45, 2.75) is 13.0 Å². The zero-order valence-electron chi connectivity index (χ0n) is 11.6. The maximum atomic E-state index is 11.9. The van der Waals surface area contributed by atoms with E-state index in [1.165, 1.54) is 18.4 Å². The Balaban J connectivity index is 1.88. The first-order valence-electron chi connectivity index (χ1n) is 6.42. The Labute approximate surface area is 137 Å². The van der Waals surface area contributed by atoms with Crippen LogP contribution >= 0.6 is 23.2 Å². The van der Waals surface area contributed by atoms with Crippen LogP contribution in [0.5, 0.6) is 0 Å². The van der Waals surface area contributed by atoms with Crippen molar-refractivity contribution in [2.24, 2.45) is 0 Å². The van der Waals surface area contributed by atoms with Gasteiger partial charge in [0.1, 0.15) is 5.76 Å². The lowest BCUT2D eigenvalue weighted by atomic mass is 10.2. The minimum Gasteiger partial charge on any atom is -0.467 e. The molecule has 1 atom stereocenters. The van der Waals surface area contributed by atoms with Crippen molar-refractivity contribution < 1.29 is 18.7 Å². The Kier molecular flexibility index (Phi) is 5.46. The van der Waals surface area contributed by atoms with Crippen molar-refractivity contribution in [2.75, 3.05) is 6.61 Å². The van der Waals surface area contributed by atoms with E-state index in [9.17, 15) is 9.59 Å². The van der Waals surface area contributed by atoms with Crippen LogP contribution in [-0.4, -0.2) is 18.5 Å². The molecular formula is C15H13Cl2NO4. The van der Waals surface area contributed by atoms with Crippen molar-refractivity contribution in [3.63, 3.8) is 0 Å². The summed E-state index contributed by atoms with van der Waals surface area (Å²) >= 11 is 11.7. The smallest absolute Gasteiger partial charge is 0.340 e. The molecule has 0 saturated heterocycles. The molecule has 5 nitrogen and oxygen atoms in total. The molecule has 2 rings (SSSR count). The topological polar surface area (TPSA) is 68.5 Å². The summed E-state index contributed by atoms with van der Waals surface area (Å²) in [5.41, 5.74) is 0.112. The van der Waals surface area contributed by atoms with Crippen molar-refractivity contribution in [3.05, 3.63) is 58.0 Å². The molecular weight excluding hydrogens is 329 g/mol. The van der Waals surface area contributed by atoms with E-state index in [0.29, 0.717) is 10.8 Å². The van der Waals surface area contributed by atoms with Gasteiger partial charge in [-0.25, -0.2) is 4.79 Å². The van der Waals surface area contributed by atoms with E-state index in [1.54, 1.807) is 25.1 Å². The second kappa shape index (κ2) is 7.33. The molecule has 0 radical (unpaired) electrons. The number of halogens is 2. The first kappa shape index (κ1) is 16.4. The van der Waals surface area contributed by atoms with E-state index in [-0.39, 0.29) is 16.6 Å². The predicted octanol–water partition coefficient (Wildman–Crippen LogP) is 3.62. The Bertz CT molecular complexity index is 670. The van der Waals surface area contributed by atoms with Crippen molar-refractivity contribution in [3.8, 4) is 0 Å². The first-order valence-corrected chi connectivity index (χ1v) is 7.18. The van der Waals surface area contributed by atoms with Crippen LogP contribution in [0.1, 0.15) is 29.1 Å². The molecule has 0 bridgehead atoms. The third kappa shape index (κ3) is 4.26. The predicted molar refractivity (Wildman–Crippen MR) is 82.0 cm³/mol. The number of furan rings is 1. The fourth-order valence-electron chi connectivity index (χ4n) is 1.75. The summed E-state index contributed by atoms with van der Waals surface area (Å²) in [4.78, 5) is 23.6. The first-order chi connectivity index (χ1) is 10.5. The number of hydrogen-bond donors (Lipinski definition) is 1. The van der Waals surface area contributed by atoms with Crippen molar-refractivity contribution >= 4 is 35.1 Å². The Morgan fingerprint density at radius 3 is 2.77 bits per heavy atom. The molecule has 0 spiro atoms. The van der Waals surface area contributed by atoms with Crippen LogP contribution < -0.4 is 5.32 Å². The highest BCUT2D eigenvalue weighted by Gasteiger charge is 2.16. The quantitative estimate of drug-likeness (QED) is 0.843. The summed E-state index contributed by atoms with van der Waals surface area (Å²) in [5.74, 6) is -0.554. The fraction of sp³-hybridized carbons (Fsp3) is 0.200. The highest BCUT2D eigenvalue weighted by molar-refractivity contribution is 6.35. The maximum absolute atomic E-state index is 11.9. The number of carbonyl (C=O) groups is 2. The van der Waals surface area contributed by atoms with Gasteiger partial charge in [-0.05, 0) is 37.3 Å². The van der Waals surface area contributed by atoms with Crippen molar-refractivity contribution in [1.29, 1.82) is 0 Å². The van der Waals surface area contributed by atoms with Crippen molar-refractivity contribution in [1.82, 2.24) is 5.32 Å². The summed E-state index contributed by atoms with van der Waals surface area (Å²) in [7, 11) is 0. The van der Waals surface area contributed by atoms with Gasteiger partial charge < -0.3 is 14.5 Å². The molecule has 0 saturated carbocycles. The summed E-state index contributed by atoms with van der Waals surface area (Å²) in [5, 5.41) is 3.21. The summed E-state index contributed by atoms with van der Waals surface area (Å²) in [6.45, 7) is 1.33. The average Bonchev–Trinajstić information content (AvgIpc) is 3.01. The lowest BCUT2D eigenvalue weighted by Gasteiger charge is -2.12. The summed E-state index contributed by atoms with van der Waals surface area (Å²) in [6, 6.07) is 7.56. The number of nitrogens with one attached hydrogen (secondary N) is 1. The average molecular weight is 342 g/mol. The van der Waals surface area contributed by atoms with Gasteiger partial charge in [0.05, 0.1) is 22.9 Å². The zero-order valence-corrected chi connectivity index (χ0v) is 13.1. The van der Waals surface area contributed by atoms with Crippen LogP contribution in [0.15, 0.2) is 41.0 Å². The molecule has 22 heavy (non-hydrogen) atoms. The maximum Gasteiger partial charge on any atom is 0.340 e. The van der Waals surface area contributed by atoms with Crippen LogP contribution in [0.25, 0.3) is 0 Å². The lowest BCUT2D eigenvalue weighted by Crippen LogP contribution is -2.31. The van der Waals surface area contributed by atoms with Gasteiger partial charge in [0.25, 0.3) is 5.91 Å². The second-order valence-corrected chi connectivity index (χ2v) is 5.35. The minimum absolute atomic E-state index is 0.112. The molecule has 0 aliphatic carbocycles. The third-order valence-corrected chi connectivity index (χ3v) is 3.39. The molecule has 0 unspecified atom stereocenters. The number of amides is 1. The zero-order chi connectivity index (χ0) is 16.1. The Morgan fingerprint density at radius 2 is 2.09 bits per heavy atom.